The zero-order valence-electron chi connectivity index (χ0n) is 20.4. The summed E-state index contributed by atoms with van der Waals surface area (Å²) in [6.45, 7) is 4.30. The molecule has 0 radical (unpaired) electrons. The predicted molar refractivity (Wildman–Crippen MR) is 138 cm³/mol. The highest BCUT2D eigenvalue weighted by Gasteiger charge is 2.35. The number of sulfonamides is 1. The van der Waals surface area contributed by atoms with E-state index in [9.17, 15) is 8.42 Å². The first-order chi connectivity index (χ1) is 16.8. The maximum absolute atomic E-state index is 11.9. The van der Waals surface area contributed by atoms with Crippen molar-refractivity contribution in [3.05, 3.63) is 59.3 Å². The van der Waals surface area contributed by atoms with Gasteiger partial charge in [0.15, 0.2) is 0 Å². The molecule has 1 aromatic heterocycles. The van der Waals surface area contributed by atoms with Crippen LogP contribution in [0, 0.1) is 13.8 Å². The topological polar surface area (TPSA) is 114 Å². The summed E-state index contributed by atoms with van der Waals surface area (Å²) in [4.78, 5) is 9.06. The zero-order chi connectivity index (χ0) is 25.0. The molecule has 9 nitrogen and oxygen atoms in total. The Morgan fingerprint density at radius 3 is 2.40 bits per heavy atom. The monoisotopic (exact) mass is 497 g/mol. The van der Waals surface area contributed by atoms with E-state index in [1.807, 2.05) is 44.2 Å². The van der Waals surface area contributed by atoms with Crippen molar-refractivity contribution in [3.8, 4) is 11.5 Å². The van der Waals surface area contributed by atoms with Crippen LogP contribution in [0.15, 0.2) is 42.6 Å². The van der Waals surface area contributed by atoms with Crippen LogP contribution in [0.2, 0.25) is 0 Å². The quantitative estimate of drug-likeness (QED) is 0.361. The van der Waals surface area contributed by atoms with Gasteiger partial charge in [0, 0.05) is 30.1 Å². The van der Waals surface area contributed by atoms with Crippen molar-refractivity contribution < 1.29 is 17.9 Å². The Morgan fingerprint density at radius 1 is 1.00 bits per heavy atom. The van der Waals surface area contributed by atoms with Crippen LogP contribution in [-0.4, -0.2) is 44.4 Å². The molecule has 10 heteroatoms. The first-order valence-electron chi connectivity index (χ1n) is 11.5. The van der Waals surface area contributed by atoms with Crippen LogP contribution in [0.3, 0.4) is 0 Å². The highest BCUT2D eigenvalue weighted by Crippen LogP contribution is 2.35. The van der Waals surface area contributed by atoms with E-state index in [0.29, 0.717) is 36.2 Å². The van der Waals surface area contributed by atoms with Gasteiger partial charge in [0.2, 0.25) is 16.0 Å². The molecule has 0 saturated heterocycles. The van der Waals surface area contributed by atoms with E-state index >= 15 is 0 Å². The molecule has 0 amide bonds. The molecule has 3 aromatic rings. The number of nitrogens with one attached hydrogen (secondary N) is 3. The molecule has 1 fully saturated rings. The second-order valence-corrected chi connectivity index (χ2v) is 10.6. The summed E-state index contributed by atoms with van der Waals surface area (Å²) in [5.74, 6) is 2.46. The number of ether oxygens (including phenoxy) is 2. The van der Waals surface area contributed by atoms with E-state index < -0.39 is 10.0 Å². The maximum Gasteiger partial charge on any atom is 0.229 e. The maximum atomic E-state index is 11.9. The van der Waals surface area contributed by atoms with Crippen LogP contribution in [0.1, 0.15) is 29.5 Å². The zero-order valence-corrected chi connectivity index (χ0v) is 21.2. The SMILES string of the molecule is COc1cc(C)c(Nc2ncc(C)c(Nc3ccc(CCNS(=O)(=O)C4CC4)cc3)n2)c(OC)c1. The van der Waals surface area contributed by atoms with Gasteiger partial charge in [0.1, 0.15) is 17.3 Å². The minimum Gasteiger partial charge on any atom is -0.497 e. The molecule has 4 rings (SSSR count). The first kappa shape index (κ1) is 24.7. The Labute approximate surface area is 206 Å². The molecule has 3 N–H and O–H groups in total. The van der Waals surface area contributed by atoms with Gasteiger partial charge in [-0.15, -0.1) is 0 Å². The van der Waals surface area contributed by atoms with Crippen molar-refractivity contribution >= 4 is 33.2 Å². The molecule has 35 heavy (non-hydrogen) atoms. The smallest absolute Gasteiger partial charge is 0.229 e. The predicted octanol–water partition coefficient (Wildman–Crippen LogP) is 4.22. The first-order valence-corrected chi connectivity index (χ1v) is 13.0. The van der Waals surface area contributed by atoms with Crippen molar-refractivity contribution in [2.24, 2.45) is 0 Å². The molecular weight excluding hydrogens is 466 g/mol. The summed E-state index contributed by atoms with van der Waals surface area (Å²) >= 11 is 0. The molecule has 0 atom stereocenters. The van der Waals surface area contributed by atoms with E-state index in [4.69, 9.17) is 9.47 Å². The number of aromatic nitrogens is 2. The normalized spacial score (nSPS) is 13.4. The van der Waals surface area contributed by atoms with Crippen molar-refractivity contribution in [2.45, 2.75) is 38.4 Å². The fourth-order valence-corrected chi connectivity index (χ4v) is 5.01. The van der Waals surface area contributed by atoms with Gasteiger partial charge in [-0.2, -0.15) is 4.98 Å². The van der Waals surface area contributed by atoms with E-state index in [0.717, 1.165) is 40.9 Å². The molecule has 1 heterocycles. The Balaban J connectivity index is 1.42. The lowest BCUT2D eigenvalue weighted by molar-refractivity contribution is 0.395. The van der Waals surface area contributed by atoms with Crippen LogP contribution in [0.4, 0.5) is 23.1 Å². The minimum absolute atomic E-state index is 0.195. The van der Waals surface area contributed by atoms with Crippen molar-refractivity contribution in [3.63, 3.8) is 0 Å². The van der Waals surface area contributed by atoms with Crippen LogP contribution >= 0.6 is 0 Å². The molecule has 0 aliphatic heterocycles. The molecule has 2 aromatic carbocycles. The highest BCUT2D eigenvalue weighted by molar-refractivity contribution is 7.90. The third kappa shape index (κ3) is 6.20. The number of anilines is 4. The van der Waals surface area contributed by atoms with Crippen LogP contribution in [0.5, 0.6) is 11.5 Å². The lowest BCUT2D eigenvalue weighted by Gasteiger charge is -2.16. The van der Waals surface area contributed by atoms with E-state index in [1.54, 1.807) is 26.5 Å². The summed E-state index contributed by atoms with van der Waals surface area (Å²) in [6.07, 6.45) is 3.92. The number of methoxy groups -OCH3 is 2. The van der Waals surface area contributed by atoms with Gasteiger partial charge in [-0.05, 0) is 62.4 Å². The van der Waals surface area contributed by atoms with Gasteiger partial charge in [-0.25, -0.2) is 18.1 Å². The average Bonchev–Trinajstić information content (AvgIpc) is 3.69. The molecule has 0 spiro atoms. The average molecular weight is 498 g/mol. The Morgan fingerprint density at radius 2 is 1.74 bits per heavy atom. The summed E-state index contributed by atoms with van der Waals surface area (Å²) in [6, 6.07) is 11.6. The Hall–Kier alpha value is -3.37. The van der Waals surface area contributed by atoms with Gasteiger partial charge in [-0.3, -0.25) is 0 Å². The standard InChI is InChI=1S/C25H31N5O4S/c1-16-13-20(33-3)14-22(34-4)23(16)29-25-26-15-17(2)24(30-25)28-19-7-5-18(6-8-19)11-12-27-35(31,32)21-9-10-21/h5-8,13-15,21,27H,9-12H2,1-4H3,(H2,26,28,29,30). The van der Waals surface area contributed by atoms with Gasteiger partial charge < -0.3 is 20.1 Å². The highest BCUT2D eigenvalue weighted by atomic mass is 32.2. The van der Waals surface area contributed by atoms with Crippen molar-refractivity contribution in [2.75, 3.05) is 31.4 Å². The number of hydrogen-bond acceptors (Lipinski definition) is 8. The lowest BCUT2D eigenvalue weighted by Crippen LogP contribution is -2.29. The Kier molecular flexibility index (Phi) is 7.42. The third-order valence-corrected chi connectivity index (χ3v) is 7.79. The number of hydrogen-bond donors (Lipinski definition) is 3. The Bertz CT molecular complexity index is 1290. The van der Waals surface area contributed by atoms with Gasteiger partial charge >= 0.3 is 0 Å². The van der Waals surface area contributed by atoms with Crippen LogP contribution < -0.4 is 24.8 Å². The summed E-state index contributed by atoms with van der Waals surface area (Å²) < 4.78 is 37.4. The van der Waals surface area contributed by atoms with Crippen molar-refractivity contribution in [1.82, 2.24) is 14.7 Å². The second kappa shape index (κ2) is 10.5. The third-order valence-electron chi connectivity index (χ3n) is 5.83. The molecule has 0 unspecified atom stereocenters. The number of rotatable bonds is 11. The van der Waals surface area contributed by atoms with E-state index in [1.165, 1.54) is 0 Å². The summed E-state index contributed by atoms with van der Waals surface area (Å²) in [5.41, 5.74) is 4.53. The minimum atomic E-state index is -3.15. The summed E-state index contributed by atoms with van der Waals surface area (Å²) in [5, 5.41) is 6.40. The molecule has 1 aliphatic rings. The second-order valence-electron chi connectivity index (χ2n) is 8.58. The number of aryl methyl sites for hydroxylation is 2. The fraction of sp³-hybridized carbons (Fsp3) is 0.360. The largest absolute Gasteiger partial charge is 0.497 e. The number of nitrogens with zero attached hydrogens (tertiary/aromatic N) is 2. The van der Waals surface area contributed by atoms with Gasteiger partial charge in [-0.1, -0.05) is 12.1 Å². The van der Waals surface area contributed by atoms with E-state index in [2.05, 4.69) is 25.3 Å². The number of benzene rings is 2. The molecule has 1 saturated carbocycles. The molecule has 186 valence electrons. The van der Waals surface area contributed by atoms with Crippen molar-refractivity contribution in [1.29, 1.82) is 0 Å². The van der Waals surface area contributed by atoms with Crippen LogP contribution in [0.25, 0.3) is 0 Å². The van der Waals surface area contributed by atoms with E-state index in [-0.39, 0.29) is 5.25 Å². The summed E-state index contributed by atoms with van der Waals surface area (Å²) in [7, 11) is 0.0767. The fourth-order valence-electron chi connectivity index (χ4n) is 3.63. The lowest BCUT2D eigenvalue weighted by atomic mass is 10.1. The molecular formula is C25H31N5O4S. The van der Waals surface area contributed by atoms with Crippen LogP contribution in [-0.2, 0) is 16.4 Å². The molecule has 1 aliphatic carbocycles. The van der Waals surface area contributed by atoms with Gasteiger partial charge in [0.05, 0.1) is 25.2 Å². The molecule has 0 bridgehead atoms. The van der Waals surface area contributed by atoms with Gasteiger partial charge in [0.25, 0.3) is 0 Å².